The first-order valence-corrected chi connectivity index (χ1v) is 8.83. The number of hydrogen-bond acceptors (Lipinski definition) is 5. The molecule has 0 aromatic heterocycles. The van der Waals surface area contributed by atoms with E-state index in [1.54, 1.807) is 11.8 Å². The first-order valence-electron chi connectivity index (χ1n) is 7.03. The summed E-state index contributed by atoms with van der Waals surface area (Å²) < 4.78 is 0. The molecule has 5 nitrogen and oxygen atoms in total. The van der Waals surface area contributed by atoms with Gasteiger partial charge < -0.3 is 4.90 Å². The molecular formula is C14H17N3O2S2. The Balaban J connectivity index is 1.63. The average molecular weight is 323 g/mol. The molecule has 0 bridgehead atoms. The van der Waals surface area contributed by atoms with E-state index in [0.717, 1.165) is 41.5 Å². The number of fused-ring (bicyclic) bond motifs is 1. The second-order valence-corrected chi connectivity index (χ2v) is 7.51. The molecule has 21 heavy (non-hydrogen) atoms. The maximum absolute atomic E-state index is 12.1. The molecule has 7 heteroatoms. The number of amidine groups is 1. The number of likely N-dealkylation sites (tertiary alicyclic amines) is 1. The maximum atomic E-state index is 12.1. The number of allylic oxidation sites excluding steroid dienone is 1. The molecule has 0 radical (unpaired) electrons. The summed E-state index contributed by atoms with van der Waals surface area (Å²) in [6, 6.07) is 0. The van der Waals surface area contributed by atoms with E-state index in [9.17, 15) is 9.59 Å². The van der Waals surface area contributed by atoms with E-state index in [2.05, 4.69) is 9.98 Å². The topological polar surface area (TPSA) is 62.1 Å². The Kier molecular flexibility index (Phi) is 4.21. The Morgan fingerprint density at radius 3 is 2.76 bits per heavy atom. The van der Waals surface area contributed by atoms with Crippen molar-refractivity contribution in [3.05, 3.63) is 10.5 Å². The van der Waals surface area contributed by atoms with Gasteiger partial charge in [0.05, 0.1) is 10.8 Å². The molecule has 1 saturated heterocycles. The number of hydrogen-bond donors (Lipinski definition) is 0. The molecule has 3 heterocycles. The van der Waals surface area contributed by atoms with Crippen LogP contribution < -0.4 is 0 Å². The smallest absolute Gasteiger partial charge is 0.262 e. The van der Waals surface area contributed by atoms with Gasteiger partial charge in [0.15, 0.2) is 5.17 Å². The van der Waals surface area contributed by atoms with Gasteiger partial charge in [-0.1, -0.05) is 23.5 Å². The number of amides is 2. The molecule has 112 valence electrons. The third kappa shape index (κ3) is 2.94. The van der Waals surface area contributed by atoms with E-state index in [-0.39, 0.29) is 17.7 Å². The highest BCUT2D eigenvalue weighted by Crippen LogP contribution is 2.40. The summed E-state index contributed by atoms with van der Waals surface area (Å²) in [5.41, 5.74) is 1.05. The van der Waals surface area contributed by atoms with Crippen LogP contribution in [0.25, 0.3) is 0 Å². The molecule has 0 N–H and O–H groups in total. The quantitative estimate of drug-likeness (QED) is 0.782. The summed E-state index contributed by atoms with van der Waals surface area (Å²) in [4.78, 5) is 35.6. The Labute approximate surface area is 132 Å². The van der Waals surface area contributed by atoms with Gasteiger partial charge in [0.25, 0.3) is 5.91 Å². The van der Waals surface area contributed by atoms with Crippen LogP contribution in [0.1, 0.15) is 26.7 Å². The normalized spacial score (nSPS) is 25.1. The van der Waals surface area contributed by atoms with Gasteiger partial charge in [-0.05, 0) is 37.2 Å². The number of nitrogens with zero attached hydrogens (tertiary/aromatic N) is 3. The van der Waals surface area contributed by atoms with Crippen LogP contribution in [-0.2, 0) is 9.59 Å². The third-order valence-corrected chi connectivity index (χ3v) is 5.93. The van der Waals surface area contributed by atoms with Gasteiger partial charge in [-0.15, -0.1) is 0 Å². The average Bonchev–Trinajstić information content (AvgIpc) is 3.06. The zero-order valence-corrected chi connectivity index (χ0v) is 13.7. The van der Waals surface area contributed by atoms with Crippen molar-refractivity contribution in [2.24, 2.45) is 15.9 Å². The van der Waals surface area contributed by atoms with Crippen LogP contribution in [0.3, 0.4) is 0 Å². The van der Waals surface area contributed by atoms with Crippen LogP contribution >= 0.6 is 23.5 Å². The van der Waals surface area contributed by atoms with Crippen molar-refractivity contribution in [1.29, 1.82) is 0 Å². The van der Waals surface area contributed by atoms with Crippen molar-refractivity contribution >= 4 is 45.5 Å². The van der Waals surface area contributed by atoms with Gasteiger partial charge in [-0.25, -0.2) is 4.99 Å². The minimum absolute atomic E-state index is 0.111. The van der Waals surface area contributed by atoms with E-state index < -0.39 is 0 Å². The van der Waals surface area contributed by atoms with Gasteiger partial charge in [0, 0.05) is 13.1 Å². The van der Waals surface area contributed by atoms with Crippen molar-refractivity contribution in [3.8, 4) is 0 Å². The first-order chi connectivity index (χ1) is 10.1. The molecule has 1 unspecified atom stereocenters. The molecule has 0 spiro atoms. The van der Waals surface area contributed by atoms with E-state index in [1.165, 1.54) is 11.8 Å². The molecular weight excluding hydrogens is 306 g/mol. The summed E-state index contributed by atoms with van der Waals surface area (Å²) in [5, 5.41) is 1.23. The Bertz CT molecular complexity index is 589. The van der Waals surface area contributed by atoms with Crippen LogP contribution in [0.5, 0.6) is 0 Å². The summed E-state index contributed by atoms with van der Waals surface area (Å²) in [6.45, 7) is 5.65. The van der Waals surface area contributed by atoms with Gasteiger partial charge in [-0.2, -0.15) is 4.99 Å². The van der Waals surface area contributed by atoms with Gasteiger partial charge in [0.2, 0.25) is 5.91 Å². The number of carbonyl (C=O) groups excluding carboxylic acids is 2. The molecule has 3 aliphatic rings. The lowest BCUT2D eigenvalue weighted by Gasteiger charge is -2.16. The minimum Gasteiger partial charge on any atom is -0.342 e. The number of carbonyl (C=O) groups is 2. The standard InChI is InChI=1S/C14H17N3O2S2/c1-8-9(2)21-13-11(8)12(19)15-14(16-13)20-7-10(18)17-5-3-4-6-17/h11H,3-7H2,1-2H3. The lowest BCUT2D eigenvalue weighted by Crippen LogP contribution is -2.30. The highest BCUT2D eigenvalue weighted by atomic mass is 32.2. The van der Waals surface area contributed by atoms with Gasteiger partial charge >= 0.3 is 0 Å². The van der Waals surface area contributed by atoms with Crippen molar-refractivity contribution in [3.63, 3.8) is 0 Å². The second kappa shape index (κ2) is 5.96. The molecule has 2 amide bonds. The Hall–Kier alpha value is -1.08. The fourth-order valence-corrected chi connectivity index (χ4v) is 4.52. The van der Waals surface area contributed by atoms with Crippen molar-refractivity contribution < 1.29 is 9.59 Å². The van der Waals surface area contributed by atoms with E-state index in [0.29, 0.717) is 10.9 Å². The maximum Gasteiger partial charge on any atom is 0.262 e. The van der Waals surface area contributed by atoms with E-state index >= 15 is 0 Å². The van der Waals surface area contributed by atoms with Crippen LogP contribution in [-0.4, -0.2) is 45.8 Å². The largest absolute Gasteiger partial charge is 0.342 e. The monoisotopic (exact) mass is 323 g/mol. The van der Waals surface area contributed by atoms with Gasteiger partial charge in [0.1, 0.15) is 5.92 Å². The number of thioether (sulfide) groups is 2. The van der Waals surface area contributed by atoms with Crippen LogP contribution in [0.2, 0.25) is 0 Å². The molecule has 0 aliphatic carbocycles. The van der Waals surface area contributed by atoms with Gasteiger partial charge in [-0.3, -0.25) is 9.59 Å². The lowest BCUT2D eigenvalue weighted by molar-refractivity contribution is -0.127. The van der Waals surface area contributed by atoms with Crippen molar-refractivity contribution in [1.82, 2.24) is 4.90 Å². The number of rotatable bonds is 2. The second-order valence-electron chi connectivity index (χ2n) is 5.33. The van der Waals surface area contributed by atoms with E-state index in [1.807, 2.05) is 18.7 Å². The SMILES string of the molecule is CC1=C(C)C2C(=O)N=C(SCC(=O)N3CCCC3)N=C2S1. The fourth-order valence-electron chi connectivity index (χ4n) is 2.59. The molecule has 3 rings (SSSR count). The molecule has 0 aromatic carbocycles. The van der Waals surface area contributed by atoms with Crippen LogP contribution in [0.15, 0.2) is 20.5 Å². The summed E-state index contributed by atoms with van der Waals surface area (Å²) in [5.74, 6) is -0.0185. The molecule has 0 aromatic rings. The highest BCUT2D eigenvalue weighted by Gasteiger charge is 2.36. The lowest BCUT2D eigenvalue weighted by atomic mass is 10.0. The van der Waals surface area contributed by atoms with Crippen LogP contribution in [0, 0.1) is 5.92 Å². The zero-order valence-electron chi connectivity index (χ0n) is 12.1. The third-order valence-electron chi connectivity index (χ3n) is 3.94. The first kappa shape index (κ1) is 14.8. The van der Waals surface area contributed by atoms with Crippen LogP contribution in [0.4, 0.5) is 0 Å². The van der Waals surface area contributed by atoms with E-state index in [4.69, 9.17) is 0 Å². The molecule has 1 fully saturated rings. The highest BCUT2D eigenvalue weighted by molar-refractivity contribution is 8.18. The predicted octanol–water partition coefficient (Wildman–Crippen LogP) is 2.29. The minimum atomic E-state index is -0.284. The Morgan fingerprint density at radius 1 is 1.33 bits per heavy atom. The number of aliphatic imine (C=N–C) groups is 2. The molecule has 3 aliphatic heterocycles. The molecule has 0 saturated carbocycles. The van der Waals surface area contributed by atoms with Crippen molar-refractivity contribution in [2.45, 2.75) is 26.7 Å². The Morgan fingerprint density at radius 2 is 2.05 bits per heavy atom. The zero-order chi connectivity index (χ0) is 15.0. The molecule has 1 atom stereocenters. The summed E-state index contributed by atoms with van der Waals surface area (Å²) in [6.07, 6.45) is 2.17. The fraction of sp³-hybridized carbons (Fsp3) is 0.571. The van der Waals surface area contributed by atoms with Crippen molar-refractivity contribution in [2.75, 3.05) is 18.8 Å². The summed E-state index contributed by atoms with van der Waals surface area (Å²) >= 11 is 2.81. The summed E-state index contributed by atoms with van der Waals surface area (Å²) in [7, 11) is 0. The predicted molar refractivity (Wildman–Crippen MR) is 87.6 cm³/mol.